The third-order valence-corrected chi connectivity index (χ3v) is 3.27. The number of methoxy groups -OCH3 is 2. The van der Waals surface area contributed by atoms with Crippen LogP contribution in [0.4, 0.5) is 4.79 Å². The number of amides is 2. The zero-order valence-corrected chi connectivity index (χ0v) is 12.6. The molecule has 0 saturated carbocycles. The molecule has 1 rings (SSSR count). The monoisotopic (exact) mass is 304 g/mol. The summed E-state index contributed by atoms with van der Waals surface area (Å²) in [5, 5.41) is 9.19. The second kappa shape index (κ2) is 9.54. The van der Waals surface area contributed by atoms with Crippen LogP contribution >= 0.6 is 0 Å². The van der Waals surface area contributed by atoms with Crippen LogP contribution in [0.15, 0.2) is 0 Å². The molecule has 0 radical (unpaired) electrons. The van der Waals surface area contributed by atoms with Crippen LogP contribution in [0, 0.1) is 0 Å². The molecule has 8 nitrogen and oxygen atoms in total. The first-order valence-corrected chi connectivity index (χ1v) is 6.95. The number of nitrogens with zero attached hydrogens (tertiary/aromatic N) is 2. The van der Waals surface area contributed by atoms with Gasteiger partial charge in [0.15, 0.2) is 6.04 Å². The van der Waals surface area contributed by atoms with E-state index < -0.39 is 12.0 Å². The van der Waals surface area contributed by atoms with Crippen molar-refractivity contribution >= 4 is 12.0 Å². The van der Waals surface area contributed by atoms with E-state index in [1.807, 2.05) is 0 Å². The zero-order chi connectivity index (χ0) is 15.7. The minimum absolute atomic E-state index is 0.0251. The average Bonchev–Trinajstić information content (AvgIpc) is 2.50. The van der Waals surface area contributed by atoms with E-state index in [0.29, 0.717) is 39.3 Å². The molecule has 1 unspecified atom stereocenters. The number of rotatable bonds is 8. The van der Waals surface area contributed by atoms with Crippen molar-refractivity contribution < 1.29 is 28.9 Å². The molecule has 0 aromatic rings. The molecule has 1 aliphatic rings. The lowest BCUT2D eigenvalue weighted by Gasteiger charge is -2.36. The van der Waals surface area contributed by atoms with Crippen LogP contribution in [0.3, 0.4) is 0 Å². The predicted molar refractivity (Wildman–Crippen MR) is 74.3 cm³/mol. The molecule has 2 amide bonds. The van der Waals surface area contributed by atoms with Crippen molar-refractivity contribution in [3.05, 3.63) is 0 Å². The number of hydrogen-bond acceptors (Lipinski definition) is 5. The Morgan fingerprint density at radius 3 is 2.62 bits per heavy atom. The highest BCUT2D eigenvalue weighted by Crippen LogP contribution is 2.11. The topological polar surface area (TPSA) is 88.5 Å². The van der Waals surface area contributed by atoms with Gasteiger partial charge in [-0.3, -0.25) is 0 Å². The average molecular weight is 304 g/mol. The molecule has 1 saturated heterocycles. The summed E-state index contributed by atoms with van der Waals surface area (Å²) in [7, 11) is 3.16. The Morgan fingerprint density at radius 2 is 2.00 bits per heavy atom. The molecular weight excluding hydrogens is 280 g/mol. The highest BCUT2D eigenvalue weighted by molar-refractivity contribution is 5.83. The third kappa shape index (κ3) is 5.49. The molecule has 0 spiro atoms. The molecule has 0 bridgehead atoms. The van der Waals surface area contributed by atoms with Gasteiger partial charge in [0.1, 0.15) is 0 Å². The van der Waals surface area contributed by atoms with Crippen LogP contribution in [0.2, 0.25) is 0 Å². The van der Waals surface area contributed by atoms with Crippen LogP contribution in [0.1, 0.15) is 6.42 Å². The number of hydrogen-bond donors (Lipinski definition) is 1. The fourth-order valence-electron chi connectivity index (χ4n) is 2.12. The van der Waals surface area contributed by atoms with E-state index in [0.717, 1.165) is 0 Å². The van der Waals surface area contributed by atoms with Gasteiger partial charge in [0.2, 0.25) is 0 Å². The molecule has 0 aromatic heterocycles. The SMILES string of the molecule is COCCCN(CCOC)C(=O)N1CCOCC1C(=O)O. The number of carbonyl (C=O) groups excluding carboxylic acids is 1. The molecule has 0 aliphatic carbocycles. The quantitative estimate of drug-likeness (QED) is 0.629. The highest BCUT2D eigenvalue weighted by Gasteiger charge is 2.34. The molecule has 21 heavy (non-hydrogen) atoms. The van der Waals surface area contributed by atoms with Gasteiger partial charge in [-0.25, -0.2) is 9.59 Å². The third-order valence-electron chi connectivity index (χ3n) is 3.27. The molecular formula is C13H24N2O6. The van der Waals surface area contributed by atoms with Crippen LogP contribution in [-0.4, -0.2) is 93.2 Å². The van der Waals surface area contributed by atoms with Crippen molar-refractivity contribution in [3.8, 4) is 0 Å². The van der Waals surface area contributed by atoms with E-state index in [-0.39, 0.29) is 19.2 Å². The number of carboxylic acids is 1. The summed E-state index contributed by atoms with van der Waals surface area (Å²) >= 11 is 0. The van der Waals surface area contributed by atoms with Gasteiger partial charge >= 0.3 is 12.0 Å². The maximum absolute atomic E-state index is 12.5. The maximum atomic E-state index is 12.5. The van der Waals surface area contributed by atoms with E-state index in [2.05, 4.69) is 0 Å². The first-order valence-electron chi connectivity index (χ1n) is 6.95. The summed E-state index contributed by atoms with van der Waals surface area (Å²) in [4.78, 5) is 26.7. The van der Waals surface area contributed by atoms with Gasteiger partial charge in [0, 0.05) is 40.5 Å². The van der Waals surface area contributed by atoms with Gasteiger partial charge < -0.3 is 29.1 Å². The highest BCUT2D eigenvalue weighted by atomic mass is 16.5. The van der Waals surface area contributed by atoms with E-state index in [1.54, 1.807) is 19.1 Å². The number of carboxylic acid groups (broad SMARTS) is 1. The van der Waals surface area contributed by atoms with Gasteiger partial charge in [-0.2, -0.15) is 0 Å². The molecule has 8 heteroatoms. The number of aliphatic carboxylic acids is 1. The van der Waals surface area contributed by atoms with Crippen molar-refractivity contribution in [1.82, 2.24) is 9.80 Å². The van der Waals surface area contributed by atoms with Crippen molar-refractivity contribution in [2.45, 2.75) is 12.5 Å². The lowest BCUT2D eigenvalue weighted by molar-refractivity contribution is -0.147. The van der Waals surface area contributed by atoms with Crippen LogP contribution in [0.25, 0.3) is 0 Å². The second-order valence-corrected chi connectivity index (χ2v) is 4.73. The molecule has 1 atom stereocenters. The van der Waals surface area contributed by atoms with Gasteiger partial charge in [-0.15, -0.1) is 0 Å². The largest absolute Gasteiger partial charge is 0.480 e. The Morgan fingerprint density at radius 1 is 1.29 bits per heavy atom. The van der Waals surface area contributed by atoms with Gasteiger partial charge in [0.05, 0.1) is 19.8 Å². The lowest BCUT2D eigenvalue weighted by Crippen LogP contribution is -2.57. The van der Waals surface area contributed by atoms with Gasteiger partial charge in [-0.1, -0.05) is 0 Å². The summed E-state index contributed by atoms with van der Waals surface area (Å²) in [6.45, 7) is 2.53. The molecule has 1 fully saturated rings. The molecule has 0 aromatic carbocycles. The second-order valence-electron chi connectivity index (χ2n) is 4.73. The van der Waals surface area contributed by atoms with Gasteiger partial charge in [-0.05, 0) is 6.42 Å². The Labute approximate surface area is 124 Å². The Bertz CT molecular complexity index is 339. The summed E-state index contributed by atoms with van der Waals surface area (Å²) in [6.07, 6.45) is 0.689. The Balaban J connectivity index is 2.68. The minimum atomic E-state index is -1.05. The van der Waals surface area contributed by atoms with E-state index in [4.69, 9.17) is 14.2 Å². The summed E-state index contributed by atoms with van der Waals surface area (Å²) in [5.74, 6) is -1.05. The molecule has 1 aliphatic heterocycles. The number of morpholine rings is 1. The predicted octanol–water partition coefficient (Wildman–Crippen LogP) is -0.123. The van der Waals surface area contributed by atoms with Crippen LogP contribution in [0.5, 0.6) is 0 Å². The first kappa shape index (κ1) is 17.7. The number of carbonyl (C=O) groups is 2. The zero-order valence-electron chi connectivity index (χ0n) is 12.6. The normalized spacial score (nSPS) is 18.6. The first-order chi connectivity index (χ1) is 10.1. The van der Waals surface area contributed by atoms with Crippen molar-refractivity contribution in [2.75, 3.05) is 60.3 Å². The lowest BCUT2D eigenvalue weighted by atomic mass is 10.2. The van der Waals surface area contributed by atoms with Crippen LogP contribution < -0.4 is 0 Å². The van der Waals surface area contributed by atoms with Gasteiger partial charge in [0.25, 0.3) is 0 Å². The standard InChI is InChI=1S/C13H24N2O6/c1-19-7-3-4-14(5-8-20-2)13(18)15-6-9-21-10-11(15)12(16)17/h11H,3-10H2,1-2H3,(H,16,17). The number of ether oxygens (including phenoxy) is 3. The maximum Gasteiger partial charge on any atom is 0.328 e. The minimum Gasteiger partial charge on any atom is -0.480 e. The van der Waals surface area contributed by atoms with Crippen LogP contribution in [-0.2, 0) is 19.0 Å². The van der Waals surface area contributed by atoms with Crippen molar-refractivity contribution in [3.63, 3.8) is 0 Å². The molecule has 1 N–H and O–H groups in total. The molecule has 122 valence electrons. The Hall–Kier alpha value is -1.38. The Kier molecular flexibility index (Phi) is 8.03. The summed E-state index contributed by atoms with van der Waals surface area (Å²) < 4.78 is 15.1. The smallest absolute Gasteiger partial charge is 0.328 e. The molecule has 1 heterocycles. The fourth-order valence-corrected chi connectivity index (χ4v) is 2.12. The number of urea groups is 1. The summed E-state index contributed by atoms with van der Waals surface area (Å²) in [5.41, 5.74) is 0. The van der Waals surface area contributed by atoms with Crippen molar-refractivity contribution in [2.24, 2.45) is 0 Å². The van der Waals surface area contributed by atoms with E-state index in [9.17, 15) is 14.7 Å². The van der Waals surface area contributed by atoms with E-state index >= 15 is 0 Å². The van der Waals surface area contributed by atoms with E-state index in [1.165, 1.54) is 4.90 Å². The van der Waals surface area contributed by atoms with Crippen molar-refractivity contribution in [1.29, 1.82) is 0 Å². The fraction of sp³-hybridized carbons (Fsp3) is 0.846. The summed E-state index contributed by atoms with van der Waals surface area (Å²) in [6, 6.07) is -1.22.